The molecule has 0 aliphatic rings. The summed E-state index contributed by atoms with van der Waals surface area (Å²) in [5.41, 5.74) is 0. The molecule has 0 aromatic carbocycles. The fourth-order valence-electron chi connectivity index (χ4n) is 0.775. The molecule has 0 bridgehead atoms. The minimum atomic E-state index is -0.223. The van der Waals surface area contributed by atoms with Crippen LogP contribution in [0.3, 0.4) is 0 Å². The third kappa shape index (κ3) is 6.73. The number of nitrogens with zero attached hydrogens (tertiary/aromatic N) is 1. The first kappa shape index (κ1) is 10.6. The highest BCUT2D eigenvalue weighted by Crippen LogP contribution is 1.86. The van der Waals surface area contributed by atoms with Crippen LogP contribution in [0, 0.1) is 0 Å². The van der Waals surface area contributed by atoms with Crippen LogP contribution in [-0.2, 0) is 0 Å². The number of likely N-dealkylation sites (N-methyl/N-ethyl adjacent to an activating group) is 1. The molecule has 10 heavy (non-hydrogen) atoms. The second kappa shape index (κ2) is 6.33. The fraction of sp³-hybridized carbons (Fsp3) is 1.00. The first-order valence-corrected chi connectivity index (χ1v) is 4.44. The molecule has 62 valence electrons. The van der Waals surface area contributed by atoms with Gasteiger partial charge in [-0.1, -0.05) is 0 Å². The van der Waals surface area contributed by atoms with Crippen LogP contribution in [0.1, 0.15) is 6.92 Å². The van der Waals surface area contributed by atoms with Crippen molar-refractivity contribution >= 4 is 22.9 Å². The Bertz CT molecular complexity index is 80.1. The number of rotatable bonds is 5. The van der Waals surface area contributed by atoms with Gasteiger partial charge in [-0.15, -0.1) is 0 Å². The molecule has 0 amide bonds. The average Bonchev–Trinajstić information content (AvgIpc) is 1.82. The maximum absolute atomic E-state index is 8.96. The Morgan fingerprint density at radius 3 is 2.70 bits per heavy atom. The summed E-state index contributed by atoms with van der Waals surface area (Å²) >= 11 is 2.12. The summed E-state index contributed by atoms with van der Waals surface area (Å²) in [5.74, 6) is 0. The third-order valence-electron chi connectivity index (χ3n) is 1.16. The molecule has 4 heteroatoms. The quantitative estimate of drug-likeness (QED) is 0.547. The van der Waals surface area contributed by atoms with Crippen molar-refractivity contribution in [2.24, 2.45) is 0 Å². The zero-order valence-electron chi connectivity index (χ0n) is 6.47. The van der Waals surface area contributed by atoms with Crippen molar-refractivity contribution in [3.63, 3.8) is 0 Å². The predicted octanol–water partition coefficient (Wildman–Crippen LogP) is 0.239. The summed E-state index contributed by atoms with van der Waals surface area (Å²) in [4.78, 5) is 2.09. The van der Waals surface area contributed by atoms with E-state index in [1.165, 1.54) is 0 Å². The van der Waals surface area contributed by atoms with Crippen LogP contribution in [-0.4, -0.2) is 42.8 Å². The van der Waals surface area contributed by atoms with Crippen molar-refractivity contribution in [1.82, 2.24) is 8.43 Å². The molecule has 1 atom stereocenters. The standard InChI is InChI=1S/C6H15IN2O/c1-6(10)5-9(2)4-3-8-7/h6,8,10H,3-5H2,1-2H3. The molecule has 0 aliphatic heterocycles. The van der Waals surface area contributed by atoms with Gasteiger partial charge in [0.2, 0.25) is 0 Å². The Kier molecular flexibility index (Phi) is 6.71. The number of hydrogen-bond donors (Lipinski definition) is 2. The molecule has 2 N–H and O–H groups in total. The van der Waals surface area contributed by atoms with Gasteiger partial charge in [-0.25, -0.2) is 0 Å². The smallest absolute Gasteiger partial charge is 0.0638 e. The first-order valence-electron chi connectivity index (χ1n) is 3.37. The lowest BCUT2D eigenvalue weighted by Crippen LogP contribution is -2.31. The van der Waals surface area contributed by atoms with Crippen LogP contribution in [0.15, 0.2) is 0 Å². The Hall–Kier alpha value is 0.610. The lowest BCUT2D eigenvalue weighted by molar-refractivity contribution is 0.143. The minimum Gasteiger partial charge on any atom is -0.392 e. The minimum absolute atomic E-state index is 0.223. The Morgan fingerprint density at radius 2 is 2.30 bits per heavy atom. The second-order valence-corrected chi connectivity index (χ2v) is 3.26. The predicted molar refractivity (Wildman–Crippen MR) is 51.2 cm³/mol. The maximum atomic E-state index is 8.96. The van der Waals surface area contributed by atoms with Crippen molar-refractivity contribution in [3.8, 4) is 0 Å². The fourth-order valence-corrected chi connectivity index (χ4v) is 1.02. The molecule has 1 unspecified atom stereocenters. The molecule has 0 saturated carbocycles. The molecule has 0 aromatic heterocycles. The van der Waals surface area contributed by atoms with E-state index in [9.17, 15) is 0 Å². The number of nitrogens with one attached hydrogen (secondary N) is 1. The maximum Gasteiger partial charge on any atom is 0.0638 e. The summed E-state index contributed by atoms with van der Waals surface area (Å²) < 4.78 is 3.02. The Labute approximate surface area is 76.3 Å². The highest BCUT2D eigenvalue weighted by Gasteiger charge is 2.00. The van der Waals surface area contributed by atoms with Gasteiger partial charge in [-0.05, 0) is 14.0 Å². The van der Waals surface area contributed by atoms with Crippen molar-refractivity contribution in [1.29, 1.82) is 0 Å². The zero-order chi connectivity index (χ0) is 7.98. The van der Waals surface area contributed by atoms with Gasteiger partial charge in [0.05, 0.1) is 6.10 Å². The van der Waals surface area contributed by atoms with Gasteiger partial charge in [0.15, 0.2) is 0 Å². The van der Waals surface area contributed by atoms with Gasteiger partial charge in [0.25, 0.3) is 0 Å². The van der Waals surface area contributed by atoms with Crippen molar-refractivity contribution < 1.29 is 5.11 Å². The number of hydrogen-bond acceptors (Lipinski definition) is 3. The summed E-state index contributed by atoms with van der Waals surface area (Å²) in [7, 11) is 2.00. The monoisotopic (exact) mass is 258 g/mol. The lowest BCUT2D eigenvalue weighted by Gasteiger charge is -2.17. The zero-order valence-corrected chi connectivity index (χ0v) is 8.63. The highest BCUT2D eigenvalue weighted by molar-refractivity contribution is 14.1. The molecule has 0 radical (unpaired) electrons. The van der Waals surface area contributed by atoms with Gasteiger partial charge < -0.3 is 10.0 Å². The molecule has 0 rings (SSSR count). The lowest BCUT2D eigenvalue weighted by atomic mass is 10.4. The summed E-state index contributed by atoms with van der Waals surface area (Å²) in [6.45, 7) is 4.49. The Balaban J connectivity index is 3.16. The van der Waals surface area contributed by atoms with Crippen LogP contribution >= 0.6 is 22.9 Å². The van der Waals surface area contributed by atoms with E-state index in [0.717, 1.165) is 19.6 Å². The first-order chi connectivity index (χ1) is 4.66. The van der Waals surface area contributed by atoms with Gasteiger partial charge in [-0.3, -0.25) is 3.53 Å². The van der Waals surface area contributed by atoms with E-state index in [-0.39, 0.29) is 6.10 Å². The van der Waals surface area contributed by atoms with Crippen LogP contribution in [0.4, 0.5) is 0 Å². The van der Waals surface area contributed by atoms with E-state index >= 15 is 0 Å². The molecular weight excluding hydrogens is 243 g/mol. The van der Waals surface area contributed by atoms with E-state index in [2.05, 4.69) is 31.3 Å². The van der Waals surface area contributed by atoms with Gasteiger partial charge in [0.1, 0.15) is 0 Å². The summed E-state index contributed by atoms with van der Waals surface area (Å²) in [6, 6.07) is 0. The largest absolute Gasteiger partial charge is 0.392 e. The van der Waals surface area contributed by atoms with Crippen LogP contribution in [0.5, 0.6) is 0 Å². The molecule has 0 spiro atoms. The van der Waals surface area contributed by atoms with E-state index in [4.69, 9.17) is 5.11 Å². The Morgan fingerprint density at radius 1 is 1.70 bits per heavy atom. The van der Waals surface area contributed by atoms with Crippen molar-refractivity contribution in [3.05, 3.63) is 0 Å². The third-order valence-corrected chi connectivity index (χ3v) is 1.70. The van der Waals surface area contributed by atoms with E-state index in [0.29, 0.717) is 0 Å². The molecular formula is C6H15IN2O. The SMILES string of the molecule is CC(O)CN(C)CCNI. The van der Waals surface area contributed by atoms with E-state index in [1.807, 2.05) is 7.05 Å². The van der Waals surface area contributed by atoms with Crippen LogP contribution < -0.4 is 3.53 Å². The average molecular weight is 258 g/mol. The van der Waals surface area contributed by atoms with E-state index < -0.39 is 0 Å². The van der Waals surface area contributed by atoms with Crippen molar-refractivity contribution in [2.45, 2.75) is 13.0 Å². The molecule has 0 aromatic rings. The van der Waals surface area contributed by atoms with Gasteiger partial charge in [0, 0.05) is 42.5 Å². The number of halogens is 1. The summed E-state index contributed by atoms with van der Waals surface area (Å²) in [6.07, 6.45) is -0.223. The van der Waals surface area contributed by atoms with Crippen molar-refractivity contribution in [2.75, 3.05) is 26.7 Å². The molecule has 3 nitrogen and oxygen atoms in total. The van der Waals surface area contributed by atoms with Crippen LogP contribution in [0.2, 0.25) is 0 Å². The van der Waals surface area contributed by atoms with Gasteiger partial charge in [-0.2, -0.15) is 0 Å². The van der Waals surface area contributed by atoms with E-state index in [1.54, 1.807) is 6.92 Å². The van der Waals surface area contributed by atoms with Crippen LogP contribution in [0.25, 0.3) is 0 Å². The normalized spacial score (nSPS) is 14.1. The molecule has 0 saturated heterocycles. The number of aliphatic hydroxyl groups is 1. The molecule has 0 heterocycles. The second-order valence-electron chi connectivity index (χ2n) is 2.49. The molecule has 0 fully saturated rings. The molecule has 0 aliphatic carbocycles. The highest BCUT2D eigenvalue weighted by atomic mass is 127. The topological polar surface area (TPSA) is 35.5 Å². The van der Waals surface area contributed by atoms with Gasteiger partial charge >= 0.3 is 0 Å². The number of aliphatic hydroxyl groups excluding tert-OH is 1. The summed E-state index contributed by atoms with van der Waals surface area (Å²) in [5, 5.41) is 8.96.